The van der Waals surface area contributed by atoms with Crippen molar-refractivity contribution in [1.82, 2.24) is 10.0 Å². The summed E-state index contributed by atoms with van der Waals surface area (Å²) in [6, 6.07) is 0.114. The molecule has 2 N–H and O–H groups in total. The molecule has 0 aromatic heterocycles. The molecule has 0 spiro atoms. The van der Waals surface area contributed by atoms with Crippen molar-refractivity contribution in [3.63, 3.8) is 0 Å². The van der Waals surface area contributed by atoms with Crippen molar-refractivity contribution in [3.8, 4) is 0 Å². The number of hydrogen-bond donors (Lipinski definition) is 2. The minimum atomic E-state index is -3.06. The number of nitrogens with one attached hydrogen (secondary N) is 2. The highest BCUT2D eigenvalue weighted by molar-refractivity contribution is 7.89. The Labute approximate surface area is 99.2 Å². The molecule has 5 heteroatoms. The lowest BCUT2D eigenvalue weighted by molar-refractivity contribution is 0.260. The molecule has 0 aromatic rings. The van der Waals surface area contributed by atoms with Crippen LogP contribution in [0.2, 0.25) is 0 Å². The van der Waals surface area contributed by atoms with Gasteiger partial charge >= 0.3 is 0 Å². The van der Waals surface area contributed by atoms with E-state index in [9.17, 15) is 8.42 Å². The quantitative estimate of drug-likeness (QED) is 0.632. The number of sulfonamides is 1. The molecule has 1 fully saturated rings. The standard InChI is InChI=1S/C11H24N2O2S/c1-10(11-6-5-7-11)13-16(14,15)9-4-3-8-12-2/h10-13H,3-9H2,1-2H3. The van der Waals surface area contributed by atoms with Crippen LogP contribution in [0.5, 0.6) is 0 Å². The predicted molar refractivity (Wildman–Crippen MR) is 66.9 cm³/mol. The molecule has 0 aromatic carbocycles. The van der Waals surface area contributed by atoms with Crippen LogP contribution in [0.15, 0.2) is 0 Å². The molecule has 0 radical (unpaired) electrons. The summed E-state index contributed by atoms with van der Waals surface area (Å²) < 4.78 is 26.2. The highest BCUT2D eigenvalue weighted by atomic mass is 32.2. The Morgan fingerprint density at radius 1 is 1.31 bits per heavy atom. The summed E-state index contributed by atoms with van der Waals surface area (Å²) in [4.78, 5) is 0. The molecule has 4 nitrogen and oxygen atoms in total. The highest BCUT2D eigenvalue weighted by Gasteiger charge is 2.26. The predicted octanol–water partition coefficient (Wildman–Crippen LogP) is 1.09. The minimum Gasteiger partial charge on any atom is -0.320 e. The summed E-state index contributed by atoms with van der Waals surface area (Å²) in [6.07, 6.45) is 5.23. The van der Waals surface area contributed by atoms with E-state index in [1.54, 1.807) is 0 Å². The summed E-state index contributed by atoms with van der Waals surface area (Å²) in [5.74, 6) is 0.818. The first kappa shape index (κ1) is 13.9. The van der Waals surface area contributed by atoms with Crippen LogP contribution in [-0.4, -0.2) is 33.8 Å². The van der Waals surface area contributed by atoms with Gasteiger partial charge in [0.15, 0.2) is 0 Å². The van der Waals surface area contributed by atoms with Gasteiger partial charge in [-0.2, -0.15) is 0 Å². The molecule has 1 aliphatic rings. The van der Waals surface area contributed by atoms with Gasteiger partial charge in [-0.25, -0.2) is 13.1 Å². The molecule has 0 heterocycles. The van der Waals surface area contributed by atoms with E-state index in [1.165, 1.54) is 19.3 Å². The van der Waals surface area contributed by atoms with Crippen molar-refractivity contribution >= 4 is 10.0 Å². The topological polar surface area (TPSA) is 58.2 Å². The van der Waals surface area contributed by atoms with Crippen molar-refractivity contribution in [1.29, 1.82) is 0 Å². The van der Waals surface area contributed by atoms with Crippen LogP contribution in [-0.2, 0) is 10.0 Å². The van der Waals surface area contributed by atoms with Gasteiger partial charge in [-0.15, -0.1) is 0 Å². The van der Waals surface area contributed by atoms with E-state index in [1.807, 2.05) is 14.0 Å². The smallest absolute Gasteiger partial charge is 0.211 e. The Morgan fingerprint density at radius 3 is 2.50 bits per heavy atom. The van der Waals surface area contributed by atoms with Crippen LogP contribution < -0.4 is 10.0 Å². The number of rotatable bonds is 8. The van der Waals surface area contributed by atoms with Gasteiger partial charge in [0.2, 0.25) is 10.0 Å². The van der Waals surface area contributed by atoms with Gasteiger partial charge in [0.25, 0.3) is 0 Å². The van der Waals surface area contributed by atoms with Crippen LogP contribution in [0.1, 0.15) is 39.0 Å². The zero-order chi connectivity index (χ0) is 12.0. The molecule has 0 amide bonds. The monoisotopic (exact) mass is 248 g/mol. The average Bonchev–Trinajstić information content (AvgIpc) is 2.08. The van der Waals surface area contributed by atoms with Gasteiger partial charge in [-0.1, -0.05) is 6.42 Å². The Morgan fingerprint density at radius 2 is 2.00 bits per heavy atom. The molecule has 96 valence electrons. The maximum absolute atomic E-state index is 11.7. The second-order valence-corrected chi connectivity index (χ2v) is 6.60. The zero-order valence-electron chi connectivity index (χ0n) is 10.3. The summed E-state index contributed by atoms with van der Waals surface area (Å²) in [6.45, 7) is 2.86. The van der Waals surface area contributed by atoms with Crippen molar-refractivity contribution in [2.24, 2.45) is 5.92 Å². The minimum absolute atomic E-state index is 0.114. The van der Waals surface area contributed by atoms with Gasteiger partial charge < -0.3 is 5.32 Å². The normalized spacial score (nSPS) is 19.4. The fourth-order valence-corrected chi connectivity index (χ4v) is 3.43. The van der Waals surface area contributed by atoms with Gasteiger partial charge in [-0.3, -0.25) is 0 Å². The van der Waals surface area contributed by atoms with Crippen LogP contribution >= 0.6 is 0 Å². The lowest BCUT2D eigenvalue weighted by Crippen LogP contribution is -2.41. The largest absolute Gasteiger partial charge is 0.320 e. The van der Waals surface area contributed by atoms with E-state index in [0.717, 1.165) is 19.4 Å². The molecule has 1 atom stereocenters. The summed E-state index contributed by atoms with van der Waals surface area (Å²) in [5, 5.41) is 3.02. The van der Waals surface area contributed by atoms with Gasteiger partial charge in [0, 0.05) is 6.04 Å². The molecule has 1 saturated carbocycles. The number of unbranched alkanes of at least 4 members (excludes halogenated alkanes) is 1. The second-order valence-electron chi connectivity index (χ2n) is 4.73. The third-order valence-electron chi connectivity index (χ3n) is 3.31. The van der Waals surface area contributed by atoms with Crippen LogP contribution in [0.25, 0.3) is 0 Å². The summed E-state index contributed by atoms with van der Waals surface area (Å²) >= 11 is 0. The van der Waals surface area contributed by atoms with E-state index in [-0.39, 0.29) is 11.8 Å². The lowest BCUT2D eigenvalue weighted by atomic mass is 9.81. The Balaban J connectivity index is 2.21. The molecule has 1 unspecified atom stereocenters. The third-order valence-corrected chi connectivity index (χ3v) is 4.87. The first-order valence-corrected chi connectivity index (χ1v) is 7.85. The summed E-state index contributed by atoms with van der Waals surface area (Å²) in [5.41, 5.74) is 0. The van der Waals surface area contributed by atoms with Gasteiger partial charge in [0.05, 0.1) is 5.75 Å². The molecule has 0 saturated heterocycles. The maximum Gasteiger partial charge on any atom is 0.211 e. The average molecular weight is 248 g/mol. The van der Waals surface area contributed by atoms with E-state index < -0.39 is 10.0 Å². The molecule has 1 aliphatic carbocycles. The third kappa shape index (κ3) is 4.80. The fraction of sp³-hybridized carbons (Fsp3) is 1.00. The van der Waals surface area contributed by atoms with E-state index in [4.69, 9.17) is 0 Å². The van der Waals surface area contributed by atoms with E-state index in [2.05, 4.69) is 10.0 Å². The molecule has 0 bridgehead atoms. The SMILES string of the molecule is CNCCCCS(=O)(=O)NC(C)C1CCC1. The molecule has 1 rings (SSSR count). The van der Waals surface area contributed by atoms with Crippen LogP contribution in [0.4, 0.5) is 0 Å². The van der Waals surface area contributed by atoms with Crippen LogP contribution in [0, 0.1) is 5.92 Å². The molecule has 16 heavy (non-hydrogen) atoms. The Kier molecular flexibility index (Phi) is 5.72. The Hall–Kier alpha value is -0.130. The lowest BCUT2D eigenvalue weighted by Gasteiger charge is -2.31. The molecular formula is C11H24N2O2S. The Bertz CT molecular complexity index is 286. The van der Waals surface area contributed by atoms with Gasteiger partial charge in [-0.05, 0) is 52.1 Å². The molecular weight excluding hydrogens is 224 g/mol. The maximum atomic E-state index is 11.7. The van der Waals surface area contributed by atoms with E-state index in [0.29, 0.717) is 5.92 Å². The van der Waals surface area contributed by atoms with Crippen molar-refractivity contribution in [2.45, 2.75) is 45.1 Å². The van der Waals surface area contributed by atoms with Crippen molar-refractivity contribution in [3.05, 3.63) is 0 Å². The van der Waals surface area contributed by atoms with Gasteiger partial charge in [0.1, 0.15) is 0 Å². The van der Waals surface area contributed by atoms with Crippen LogP contribution in [0.3, 0.4) is 0 Å². The molecule has 0 aliphatic heterocycles. The highest BCUT2D eigenvalue weighted by Crippen LogP contribution is 2.29. The fourth-order valence-electron chi connectivity index (χ4n) is 1.97. The first-order chi connectivity index (χ1) is 7.55. The zero-order valence-corrected chi connectivity index (χ0v) is 11.1. The van der Waals surface area contributed by atoms with Crippen molar-refractivity contribution < 1.29 is 8.42 Å². The number of hydrogen-bond acceptors (Lipinski definition) is 3. The van der Waals surface area contributed by atoms with E-state index >= 15 is 0 Å². The van der Waals surface area contributed by atoms with Crippen molar-refractivity contribution in [2.75, 3.05) is 19.3 Å². The first-order valence-electron chi connectivity index (χ1n) is 6.20. The second kappa shape index (κ2) is 6.57. The summed E-state index contributed by atoms with van der Waals surface area (Å²) in [7, 11) is -1.18.